The molecule has 3 N–H and O–H groups in total. The largest absolute Gasteiger partial charge is 0.508 e. The summed E-state index contributed by atoms with van der Waals surface area (Å²) in [4.78, 5) is 9.00. The van der Waals surface area contributed by atoms with Crippen LogP contribution in [0, 0.1) is 6.92 Å². The number of phenolic OH excluding ortho intramolecular Hbond substituents is 1. The molecule has 4 rings (SSSR count). The van der Waals surface area contributed by atoms with Gasteiger partial charge in [-0.3, -0.25) is 4.79 Å². The van der Waals surface area contributed by atoms with Crippen molar-refractivity contribution < 1.29 is 85.5 Å². The molecule has 2 radical (unpaired) electrons. The Bertz CT molecular complexity index is 1020. The van der Waals surface area contributed by atoms with Gasteiger partial charge in [-0.05, 0) is 27.8 Å². The minimum Gasteiger partial charge on any atom is -0.508 e. The van der Waals surface area contributed by atoms with E-state index >= 15 is 0 Å². The second-order valence-corrected chi connectivity index (χ2v) is 6.02. The SMILES string of the molecule is C.C.C.C.CC(=O)O.CO.[CH2-]c1ccc2ccccc2c1-c1c(O)ccc2ccccc12.[Y].[Y]. The second kappa shape index (κ2) is 21.0. The minimum atomic E-state index is -0.833. The summed E-state index contributed by atoms with van der Waals surface area (Å²) in [6.07, 6.45) is 0. The smallest absolute Gasteiger partial charge is 0.300 e. The molecule has 0 aromatic heterocycles. The van der Waals surface area contributed by atoms with Crippen LogP contribution < -0.4 is 0 Å². The molecule has 4 aromatic carbocycles. The molecule has 0 heterocycles. The summed E-state index contributed by atoms with van der Waals surface area (Å²) in [6.45, 7) is 5.27. The summed E-state index contributed by atoms with van der Waals surface area (Å²) >= 11 is 0. The molecule has 0 bridgehead atoms. The zero-order valence-electron chi connectivity index (χ0n) is 17.0. The topological polar surface area (TPSA) is 77.8 Å². The van der Waals surface area contributed by atoms with Crippen molar-refractivity contribution >= 4 is 27.5 Å². The third kappa shape index (κ3) is 10.5. The van der Waals surface area contributed by atoms with Crippen LogP contribution in [-0.2, 0) is 70.2 Å². The number of benzene rings is 4. The van der Waals surface area contributed by atoms with E-state index in [1.807, 2.05) is 42.5 Å². The van der Waals surface area contributed by atoms with Gasteiger partial charge in [0.15, 0.2) is 0 Å². The number of fused-ring (bicyclic) bond motifs is 2. The summed E-state index contributed by atoms with van der Waals surface area (Å²) in [7, 11) is 1.00. The van der Waals surface area contributed by atoms with Crippen molar-refractivity contribution in [2.75, 3.05) is 7.11 Å². The Hall–Kier alpha value is -1.29. The first-order valence-electron chi connectivity index (χ1n) is 8.68. The van der Waals surface area contributed by atoms with Crippen molar-refractivity contribution in [3.63, 3.8) is 0 Å². The van der Waals surface area contributed by atoms with Crippen molar-refractivity contribution in [3.8, 4) is 16.9 Å². The molecule has 0 saturated heterocycles. The van der Waals surface area contributed by atoms with Crippen LogP contribution in [0.25, 0.3) is 32.7 Å². The Morgan fingerprint density at radius 3 is 1.47 bits per heavy atom. The Morgan fingerprint density at radius 2 is 1.03 bits per heavy atom. The van der Waals surface area contributed by atoms with Crippen molar-refractivity contribution in [1.82, 2.24) is 0 Å². The summed E-state index contributed by atoms with van der Waals surface area (Å²) < 4.78 is 0. The molecule has 4 nitrogen and oxygen atoms in total. The molecule has 6 heteroatoms. The maximum absolute atomic E-state index is 10.5. The molecule has 0 aliphatic carbocycles. The number of rotatable bonds is 1. The number of aliphatic hydroxyl groups is 1. The first kappa shape index (κ1) is 42.8. The maximum atomic E-state index is 10.5. The summed E-state index contributed by atoms with van der Waals surface area (Å²) in [5.74, 6) is -0.542. The van der Waals surface area contributed by atoms with E-state index in [2.05, 4.69) is 31.2 Å². The van der Waals surface area contributed by atoms with Gasteiger partial charge in [0.2, 0.25) is 0 Å². The predicted octanol–water partition coefficient (Wildman–Crippen LogP) is 7.79. The van der Waals surface area contributed by atoms with Gasteiger partial charge in [-0.25, -0.2) is 0 Å². The zero-order chi connectivity index (χ0) is 20.7. The molecule has 4 aromatic rings. The molecule has 0 aliphatic rings. The standard InChI is InChI=1S/C21H15O.C2H4O2.CH4O.4CH4.2Y/c1-14-10-11-15-6-2-4-8-17(15)20(14)21-18-9-5-3-7-16(18)12-13-19(21)22;1-2(3)4;1-2;;;;;;/h2-13,22H,1H2;1H3,(H,3,4);2H,1H3;4*1H4;;/q-1;;;;;;;;. The van der Waals surface area contributed by atoms with Gasteiger partial charge in [-0.1, -0.05) is 89.7 Å². The summed E-state index contributed by atoms with van der Waals surface area (Å²) in [6, 6.07) is 24.1. The number of carboxylic acids is 1. The molecule has 0 unspecified atom stereocenters. The molecular weight excluding hydrogens is 578 g/mol. The molecule has 0 amide bonds. The van der Waals surface area contributed by atoms with E-state index in [0.29, 0.717) is 5.75 Å². The number of aliphatic hydroxyl groups excluding tert-OH is 1. The van der Waals surface area contributed by atoms with Crippen molar-refractivity contribution in [2.45, 2.75) is 36.6 Å². The van der Waals surface area contributed by atoms with Crippen LogP contribution in [0.1, 0.15) is 42.2 Å². The average Bonchev–Trinajstić information content (AvgIpc) is 2.70. The zero-order valence-corrected chi connectivity index (χ0v) is 22.7. The molecule has 0 spiro atoms. The maximum Gasteiger partial charge on any atom is 0.300 e. The molecule has 182 valence electrons. The number of carboxylic acid groups (broad SMARTS) is 1. The first-order valence-corrected chi connectivity index (χ1v) is 8.68. The van der Waals surface area contributed by atoms with Crippen LogP contribution in [-0.4, -0.2) is 28.4 Å². The molecule has 0 atom stereocenters. The predicted molar refractivity (Wildman–Crippen MR) is 141 cm³/mol. The molecule has 0 aliphatic heterocycles. The van der Waals surface area contributed by atoms with E-state index in [-0.39, 0.29) is 95.1 Å². The summed E-state index contributed by atoms with van der Waals surface area (Å²) in [5, 5.41) is 29.4. The summed E-state index contributed by atoms with van der Waals surface area (Å²) in [5.41, 5.74) is 2.79. The quantitative estimate of drug-likeness (QED) is 0.191. The van der Waals surface area contributed by atoms with Gasteiger partial charge in [0, 0.05) is 79.5 Å². The average molecular weight is 617 g/mol. The van der Waals surface area contributed by atoms with Gasteiger partial charge in [0.1, 0.15) is 5.75 Å². The van der Waals surface area contributed by atoms with Gasteiger partial charge < -0.3 is 15.3 Å². The minimum absolute atomic E-state index is 0. The van der Waals surface area contributed by atoms with E-state index in [1.165, 1.54) is 0 Å². The normalized spacial score (nSPS) is 8.09. The van der Waals surface area contributed by atoms with Gasteiger partial charge in [-0.2, -0.15) is 18.6 Å². The van der Waals surface area contributed by atoms with E-state index in [0.717, 1.165) is 52.3 Å². The van der Waals surface area contributed by atoms with Crippen LogP contribution in [0.4, 0.5) is 0 Å². The van der Waals surface area contributed by atoms with Crippen LogP contribution in [0.5, 0.6) is 5.75 Å². The number of aromatic hydroxyl groups is 1. The van der Waals surface area contributed by atoms with Crippen molar-refractivity contribution in [2.24, 2.45) is 0 Å². The fourth-order valence-corrected chi connectivity index (χ4v) is 3.13. The van der Waals surface area contributed by atoms with Crippen LogP contribution in [0.3, 0.4) is 0 Å². The Balaban J connectivity index is -0.000000214. The Kier molecular flexibility index (Phi) is 26.5. The third-order valence-corrected chi connectivity index (χ3v) is 4.17. The first-order chi connectivity index (χ1) is 13.5. The third-order valence-electron chi connectivity index (χ3n) is 4.17. The molecular formula is C28H39O4Y2-. The van der Waals surface area contributed by atoms with Crippen molar-refractivity contribution in [3.05, 3.63) is 85.3 Å². The molecule has 34 heavy (non-hydrogen) atoms. The number of phenols is 1. The second-order valence-electron chi connectivity index (χ2n) is 6.02. The van der Waals surface area contributed by atoms with Crippen LogP contribution in [0.15, 0.2) is 72.8 Å². The van der Waals surface area contributed by atoms with Gasteiger partial charge in [0.25, 0.3) is 5.97 Å². The monoisotopic (exact) mass is 617 g/mol. The van der Waals surface area contributed by atoms with Gasteiger partial charge in [0.05, 0.1) is 0 Å². The Labute approximate surface area is 256 Å². The van der Waals surface area contributed by atoms with E-state index in [1.54, 1.807) is 6.07 Å². The Morgan fingerprint density at radius 1 is 0.676 bits per heavy atom. The van der Waals surface area contributed by atoms with Crippen LogP contribution in [0.2, 0.25) is 0 Å². The van der Waals surface area contributed by atoms with E-state index in [4.69, 9.17) is 15.0 Å². The fourth-order valence-electron chi connectivity index (χ4n) is 3.13. The number of hydrogen-bond acceptors (Lipinski definition) is 3. The molecule has 0 saturated carbocycles. The van der Waals surface area contributed by atoms with Crippen molar-refractivity contribution in [1.29, 1.82) is 0 Å². The fraction of sp³-hybridized carbons (Fsp3) is 0.214. The van der Waals surface area contributed by atoms with E-state index in [9.17, 15) is 5.11 Å². The van der Waals surface area contributed by atoms with E-state index < -0.39 is 5.97 Å². The van der Waals surface area contributed by atoms with Crippen LogP contribution >= 0.6 is 0 Å². The molecule has 0 fully saturated rings. The number of hydrogen-bond donors (Lipinski definition) is 3. The van der Waals surface area contributed by atoms with Gasteiger partial charge in [-0.15, -0.1) is 11.6 Å². The number of aliphatic carboxylic acids is 1. The van der Waals surface area contributed by atoms with Gasteiger partial charge >= 0.3 is 0 Å². The number of carbonyl (C=O) groups is 1.